The van der Waals surface area contributed by atoms with Gasteiger partial charge in [0, 0.05) is 12.1 Å². The van der Waals surface area contributed by atoms with E-state index in [0.717, 1.165) is 19.3 Å². The maximum Gasteiger partial charge on any atom is 0.0871 e. The van der Waals surface area contributed by atoms with Gasteiger partial charge in [-0.05, 0) is 25.7 Å². The largest absolute Gasteiger partial charge is 0.391 e. The molecule has 2 unspecified atom stereocenters. The molecule has 3 heteroatoms. The minimum atomic E-state index is -0.206. The van der Waals surface area contributed by atoms with Crippen LogP contribution in [0.25, 0.3) is 0 Å². The average Bonchev–Trinajstić information content (AvgIpc) is 2.80. The van der Waals surface area contributed by atoms with Crippen LogP contribution in [0.2, 0.25) is 0 Å². The first-order valence-electron chi connectivity index (χ1n) is 6.63. The second-order valence-corrected chi connectivity index (χ2v) is 5.19. The maximum atomic E-state index is 10.1. The third-order valence-electron chi connectivity index (χ3n) is 4.17. The van der Waals surface area contributed by atoms with E-state index in [0.29, 0.717) is 12.6 Å². The molecule has 0 saturated heterocycles. The Balaban J connectivity index is 2.02. The van der Waals surface area contributed by atoms with E-state index in [-0.39, 0.29) is 12.1 Å². The number of aliphatic hydroxyl groups is 1. The van der Waals surface area contributed by atoms with Crippen LogP contribution >= 0.6 is 0 Å². The summed E-state index contributed by atoms with van der Waals surface area (Å²) in [4.78, 5) is 2.29. The molecule has 2 fully saturated rings. The molecule has 16 heavy (non-hydrogen) atoms. The first-order chi connectivity index (χ1) is 7.83. The number of aliphatic hydroxyl groups excluding tert-OH is 1. The van der Waals surface area contributed by atoms with E-state index in [1.54, 1.807) is 0 Å². The molecular formula is C13H22N2O. The van der Waals surface area contributed by atoms with Gasteiger partial charge in [0.2, 0.25) is 0 Å². The monoisotopic (exact) mass is 222 g/mol. The van der Waals surface area contributed by atoms with Crippen LogP contribution in [0.5, 0.6) is 0 Å². The van der Waals surface area contributed by atoms with Crippen molar-refractivity contribution in [1.29, 1.82) is 5.26 Å². The van der Waals surface area contributed by atoms with Crippen LogP contribution in [0.15, 0.2) is 0 Å². The van der Waals surface area contributed by atoms with Crippen molar-refractivity contribution in [3.05, 3.63) is 0 Å². The number of nitriles is 1. The molecule has 1 N–H and O–H groups in total. The summed E-state index contributed by atoms with van der Waals surface area (Å²) in [6.07, 6.45) is 9.13. The van der Waals surface area contributed by atoms with Crippen molar-refractivity contribution < 1.29 is 5.11 Å². The van der Waals surface area contributed by atoms with E-state index >= 15 is 0 Å². The molecule has 90 valence electrons. The van der Waals surface area contributed by atoms with E-state index in [9.17, 15) is 5.11 Å². The molecule has 0 aliphatic heterocycles. The molecular weight excluding hydrogens is 200 g/mol. The van der Waals surface area contributed by atoms with E-state index in [1.165, 1.54) is 32.1 Å². The topological polar surface area (TPSA) is 47.3 Å². The van der Waals surface area contributed by atoms with Crippen LogP contribution in [0.3, 0.4) is 0 Å². The predicted molar refractivity (Wildman–Crippen MR) is 62.8 cm³/mol. The second-order valence-electron chi connectivity index (χ2n) is 5.19. The molecule has 2 rings (SSSR count). The molecule has 0 radical (unpaired) electrons. The zero-order valence-electron chi connectivity index (χ0n) is 9.94. The molecule has 0 aromatic carbocycles. The molecule has 2 aliphatic rings. The van der Waals surface area contributed by atoms with Gasteiger partial charge < -0.3 is 5.11 Å². The van der Waals surface area contributed by atoms with Gasteiger partial charge in [0.05, 0.1) is 18.7 Å². The first-order valence-corrected chi connectivity index (χ1v) is 6.63. The quantitative estimate of drug-likeness (QED) is 0.743. The lowest BCUT2D eigenvalue weighted by Gasteiger charge is -2.39. The van der Waals surface area contributed by atoms with Crippen molar-refractivity contribution in [2.24, 2.45) is 0 Å². The van der Waals surface area contributed by atoms with Gasteiger partial charge in [-0.2, -0.15) is 5.26 Å². The van der Waals surface area contributed by atoms with Gasteiger partial charge in [-0.25, -0.2) is 0 Å². The lowest BCUT2D eigenvalue weighted by Crippen LogP contribution is -2.49. The van der Waals surface area contributed by atoms with E-state index in [2.05, 4.69) is 11.0 Å². The highest BCUT2D eigenvalue weighted by Crippen LogP contribution is 2.30. The Kier molecular flexibility index (Phi) is 4.20. The Labute approximate surface area is 98.1 Å². The summed E-state index contributed by atoms with van der Waals surface area (Å²) < 4.78 is 0. The van der Waals surface area contributed by atoms with Gasteiger partial charge in [-0.15, -0.1) is 0 Å². The number of rotatable bonds is 3. The highest BCUT2D eigenvalue weighted by Gasteiger charge is 2.33. The fraction of sp³-hybridized carbons (Fsp3) is 0.923. The Morgan fingerprint density at radius 3 is 2.31 bits per heavy atom. The van der Waals surface area contributed by atoms with Gasteiger partial charge in [0.15, 0.2) is 0 Å². The Hall–Kier alpha value is -0.590. The van der Waals surface area contributed by atoms with Crippen molar-refractivity contribution in [3.8, 4) is 6.07 Å². The summed E-state index contributed by atoms with van der Waals surface area (Å²) >= 11 is 0. The fourth-order valence-electron chi connectivity index (χ4n) is 3.31. The minimum Gasteiger partial charge on any atom is -0.391 e. The van der Waals surface area contributed by atoms with Crippen LogP contribution in [-0.4, -0.2) is 34.7 Å². The first kappa shape index (κ1) is 11.9. The van der Waals surface area contributed by atoms with Crippen LogP contribution in [-0.2, 0) is 0 Å². The third kappa shape index (κ3) is 2.56. The summed E-state index contributed by atoms with van der Waals surface area (Å²) in [5.74, 6) is 0. The van der Waals surface area contributed by atoms with Crippen LogP contribution in [0, 0.1) is 11.3 Å². The summed E-state index contributed by atoms with van der Waals surface area (Å²) in [5.41, 5.74) is 0. The maximum absolute atomic E-state index is 10.1. The summed E-state index contributed by atoms with van der Waals surface area (Å²) in [7, 11) is 0. The minimum absolute atomic E-state index is 0.206. The van der Waals surface area contributed by atoms with E-state index in [1.807, 2.05) is 0 Å². The third-order valence-corrected chi connectivity index (χ3v) is 4.17. The zero-order valence-corrected chi connectivity index (χ0v) is 9.94. The Morgan fingerprint density at radius 1 is 1.06 bits per heavy atom. The van der Waals surface area contributed by atoms with Crippen molar-refractivity contribution in [2.75, 3.05) is 6.54 Å². The van der Waals surface area contributed by atoms with E-state index < -0.39 is 0 Å². The molecule has 0 bridgehead atoms. The molecule has 0 spiro atoms. The second kappa shape index (κ2) is 5.65. The van der Waals surface area contributed by atoms with Crippen molar-refractivity contribution in [3.63, 3.8) is 0 Å². The zero-order chi connectivity index (χ0) is 11.4. The lowest BCUT2D eigenvalue weighted by molar-refractivity contribution is 0.00640. The highest BCUT2D eigenvalue weighted by atomic mass is 16.3. The van der Waals surface area contributed by atoms with Crippen LogP contribution in [0.4, 0.5) is 0 Å². The molecule has 0 aromatic rings. The molecule has 2 atom stereocenters. The number of hydrogen-bond donors (Lipinski definition) is 1. The molecule has 3 nitrogen and oxygen atoms in total. The van der Waals surface area contributed by atoms with Gasteiger partial charge in [0.25, 0.3) is 0 Å². The van der Waals surface area contributed by atoms with Gasteiger partial charge in [-0.3, -0.25) is 4.90 Å². The van der Waals surface area contributed by atoms with Crippen molar-refractivity contribution in [1.82, 2.24) is 4.90 Å². The fourth-order valence-corrected chi connectivity index (χ4v) is 3.31. The van der Waals surface area contributed by atoms with Crippen molar-refractivity contribution >= 4 is 0 Å². The summed E-state index contributed by atoms with van der Waals surface area (Å²) in [6.45, 7) is 0.492. The molecule has 2 aliphatic carbocycles. The van der Waals surface area contributed by atoms with Gasteiger partial charge in [-0.1, -0.05) is 25.7 Å². The average molecular weight is 222 g/mol. The van der Waals surface area contributed by atoms with Crippen LogP contribution < -0.4 is 0 Å². The molecule has 0 amide bonds. The number of nitrogens with zero attached hydrogens (tertiary/aromatic N) is 2. The Bertz CT molecular complexity index is 255. The molecule has 2 saturated carbocycles. The highest BCUT2D eigenvalue weighted by molar-refractivity contribution is 4.93. The summed E-state index contributed by atoms with van der Waals surface area (Å²) in [5, 5.41) is 19.0. The van der Waals surface area contributed by atoms with Gasteiger partial charge >= 0.3 is 0 Å². The Morgan fingerprint density at radius 2 is 1.69 bits per heavy atom. The summed E-state index contributed by atoms with van der Waals surface area (Å²) in [6, 6.07) is 3.08. The molecule has 0 heterocycles. The normalized spacial score (nSPS) is 31.8. The lowest BCUT2D eigenvalue weighted by atomic mass is 9.90. The van der Waals surface area contributed by atoms with Crippen molar-refractivity contribution in [2.45, 2.75) is 69.6 Å². The predicted octanol–water partition coefficient (Wildman–Crippen LogP) is 2.06. The molecule has 0 aromatic heterocycles. The SMILES string of the molecule is N#CCN(C1CCCC1)C1CCCCC1O. The smallest absolute Gasteiger partial charge is 0.0871 e. The van der Waals surface area contributed by atoms with E-state index in [4.69, 9.17) is 5.26 Å². The number of hydrogen-bond acceptors (Lipinski definition) is 3. The standard InChI is InChI=1S/C13H22N2O/c14-9-10-15(11-5-1-2-6-11)12-7-3-4-8-13(12)16/h11-13,16H,1-8,10H2. The van der Waals surface area contributed by atoms with Gasteiger partial charge in [0.1, 0.15) is 0 Å². The van der Waals surface area contributed by atoms with Crippen LogP contribution in [0.1, 0.15) is 51.4 Å².